The van der Waals surface area contributed by atoms with E-state index in [-0.39, 0.29) is 0 Å². The molecule has 84 valence electrons. The van der Waals surface area contributed by atoms with Crippen LogP contribution in [0.1, 0.15) is 4.88 Å². The standard InChI is InChI=1S/C12H12ClNOS/c1-15-9-4-5-12(11(13)7-9)14-8-10-3-2-6-16-10/h2-7,14H,8H2,1H3. The van der Waals surface area contributed by atoms with Crippen LogP contribution in [0.25, 0.3) is 0 Å². The second-order valence-electron chi connectivity index (χ2n) is 3.28. The van der Waals surface area contributed by atoms with Crippen molar-refractivity contribution in [3.05, 3.63) is 45.6 Å². The van der Waals surface area contributed by atoms with E-state index in [0.29, 0.717) is 5.02 Å². The van der Waals surface area contributed by atoms with Gasteiger partial charge in [-0.05, 0) is 23.6 Å². The SMILES string of the molecule is COc1ccc(NCc2cccs2)c(Cl)c1. The summed E-state index contributed by atoms with van der Waals surface area (Å²) >= 11 is 7.83. The third kappa shape index (κ3) is 2.68. The van der Waals surface area contributed by atoms with Crippen LogP contribution in [-0.4, -0.2) is 7.11 Å². The molecule has 0 bridgehead atoms. The maximum Gasteiger partial charge on any atom is 0.120 e. The molecule has 2 rings (SSSR count). The van der Waals surface area contributed by atoms with Crippen molar-refractivity contribution in [1.82, 2.24) is 0 Å². The van der Waals surface area contributed by atoms with E-state index in [2.05, 4.69) is 16.8 Å². The molecule has 0 saturated heterocycles. The highest BCUT2D eigenvalue weighted by Crippen LogP contribution is 2.27. The van der Waals surface area contributed by atoms with Crippen LogP contribution in [0, 0.1) is 0 Å². The van der Waals surface area contributed by atoms with Gasteiger partial charge in [0.15, 0.2) is 0 Å². The Morgan fingerprint density at radius 1 is 1.38 bits per heavy atom. The molecule has 0 aliphatic carbocycles. The minimum Gasteiger partial charge on any atom is -0.497 e. The van der Waals surface area contributed by atoms with Gasteiger partial charge in [-0.25, -0.2) is 0 Å². The molecule has 4 heteroatoms. The highest BCUT2D eigenvalue weighted by atomic mass is 35.5. The van der Waals surface area contributed by atoms with Crippen molar-refractivity contribution < 1.29 is 4.74 Å². The summed E-state index contributed by atoms with van der Waals surface area (Å²) in [5.41, 5.74) is 0.927. The van der Waals surface area contributed by atoms with Crippen LogP contribution in [0.15, 0.2) is 35.7 Å². The normalized spacial score (nSPS) is 10.1. The van der Waals surface area contributed by atoms with Crippen LogP contribution >= 0.6 is 22.9 Å². The van der Waals surface area contributed by atoms with Crippen molar-refractivity contribution in [3.63, 3.8) is 0 Å². The largest absolute Gasteiger partial charge is 0.497 e. The molecule has 16 heavy (non-hydrogen) atoms. The quantitative estimate of drug-likeness (QED) is 0.889. The Hall–Kier alpha value is -1.19. The fraction of sp³-hybridized carbons (Fsp3) is 0.167. The minimum absolute atomic E-state index is 0.677. The maximum absolute atomic E-state index is 6.11. The highest BCUT2D eigenvalue weighted by molar-refractivity contribution is 7.09. The number of anilines is 1. The van der Waals surface area contributed by atoms with Gasteiger partial charge in [0, 0.05) is 17.5 Å². The highest BCUT2D eigenvalue weighted by Gasteiger charge is 2.02. The predicted octanol–water partition coefficient (Wildman–Crippen LogP) is 4.02. The van der Waals surface area contributed by atoms with Crippen molar-refractivity contribution in [2.45, 2.75) is 6.54 Å². The van der Waals surface area contributed by atoms with Gasteiger partial charge in [0.1, 0.15) is 5.75 Å². The van der Waals surface area contributed by atoms with E-state index in [1.807, 2.05) is 18.2 Å². The van der Waals surface area contributed by atoms with Crippen LogP contribution in [0.3, 0.4) is 0 Å². The Labute approximate surface area is 104 Å². The van der Waals surface area contributed by atoms with E-state index in [1.165, 1.54) is 4.88 Å². The molecule has 2 aromatic rings. The second-order valence-corrected chi connectivity index (χ2v) is 4.72. The van der Waals surface area contributed by atoms with Crippen molar-refractivity contribution in [2.24, 2.45) is 0 Å². The van der Waals surface area contributed by atoms with Crippen molar-refractivity contribution in [1.29, 1.82) is 0 Å². The van der Waals surface area contributed by atoms with Crippen molar-refractivity contribution in [2.75, 3.05) is 12.4 Å². The number of nitrogens with one attached hydrogen (secondary N) is 1. The van der Waals surface area contributed by atoms with Gasteiger partial charge < -0.3 is 10.1 Å². The maximum atomic E-state index is 6.11. The van der Waals surface area contributed by atoms with Gasteiger partial charge >= 0.3 is 0 Å². The molecule has 1 heterocycles. The first-order valence-electron chi connectivity index (χ1n) is 4.89. The average molecular weight is 254 g/mol. The van der Waals surface area contributed by atoms with Gasteiger partial charge in [-0.1, -0.05) is 17.7 Å². The molecule has 2 nitrogen and oxygen atoms in total. The zero-order valence-electron chi connectivity index (χ0n) is 8.87. The topological polar surface area (TPSA) is 21.3 Å². The van der Waals surface area contributed by atoms with Gasteiger partial charge in [0.05, 0.1) is 17.8 Å². The number of rotatable bonds is 4. The molecule has 0 aliphatic rings. The monoisotopic (exact) mass is 253 g/mol. The third-order valence-corrected chi connectivity index (χ3v) is 3.40. The Morgan fingerprint density at radius 2 is 2.25 bits per heavy atom. The number of halogens is 1. The summed E-state index contributed by atoms with van der Waals surface area (Å²) in [4.78, 5) is 1.28. The number of methoxy groups -OCH3 is 1. The van der Waals surface area contributed by atoms with E-state index in [0.717, 1.165) is 18.0 Å². The summed E-state index contributed by atoms with van der Waals surface area (Å²) in [5, 5.41) is 6.03. The molecular formula is C12H12ClNOS. The van der Waals surface area contributed by atoms with E-state index >= 15 is 0 Å². The fourth-order valence-electron chi connectivity index (χ4n) is 1.36. The lowest BCUT2D eigenvalue weighted by Crippen LogP contribution is -1.98. The molecule has 0 radical (unpaired) electrons. The van der Waals surface area contributed by atoms with Crippen molar-refractivity contribution >= 4 is 28.6 Å². The third-order valence-electron chi connectivity index (χ3n) is 2.21. The lowest BCUT2D eigenvalue weighted by molar-refractivity contribution is 0.415. The van der Waals surface area contributed by atoms with E-state index in [9.17, 15) is 0 Å². The van der Waals surface area contributed by atoms with Gasteiger partial charge in [0.25, 0.3) is 0 Å². The van der Waals surface area contributed by atoms with Crippen LogP contribution < -0.4 is 10.1 Å². The lowest BCUT2D eigenvalue weighted by Gasteiger charge is -2.08. The number of hydrogen-bond acceptors (Lipinski definition) is 3. The molecule has 1 aromatic carbocycles. The van der Waals surface area contributed by atoms with Crippen LogP contribution in [0.5, 0.6) is 5.75 Å². The Kier molecular flexibility index (Phi) is 3.70. The molecular weight excluding hydrogens is 242 g/mol. The Bertz CT molecular complexity index is 456. The Balaban J connectivity index is 2.04. The zero-order valence-corrected chi connectivity index (χ0v) is 10.4. The van der Waals surface area contributed by atoms with Gasteiger partial charge in [0.2, 0.25) is 0 Å². The molecule has 0 saturated carbocycles. The molecule has 0 aliphatic heterocycles. The number of hydrogen-bond donors (Lipinski definition) is 1. The summed E-state index contributed by atoms with van der Waals surface area (Å²) in [7, 11) is 1.63. The number of ether oxygens (including phenoxy) is 1. The summed E-state index contributed by atoms with van der Waals surface area (Å²) in [6.45, 7) is 0.795. The van der Waals surface area contributed by atoms with E-state index in [1.54, 1.807) is 24.5 Å². The summed E-state index contributed by atoms with van der Waals surface area (Å²) in [6.07, 6.45) is 0. The zero-order chi connectivity index (χ0) is 11.4. The van der Waals surface area contributed by atoms with Crippen molar-refractivity contribution in [3.8, 4) is 5.75 Å². The molecule has 0 unspecified atom stereocenters. The summed E-state index contributed by atoms with van der Waals surface area (Å²) in [5.74, 6) is 0.770. The fourth-order valence-corrected chi connectivity index (χ4v) is 2.24. The predicted molar refractivity (Wildman–Crippen MR) is 69.6 cm³/mol. The number of thiophene rings is 1. The summed E-state index contributed by atoms with van der Waals surface area (Å²) in [6, 6.07) is 9.75. The molecule has 0 spiro atoms. The first kappa shape index (κ1) is 11.3. The molecule has 0 amide bonds. The first-order chi connectivity index (χ1) is 7.79. The Morgan fingerprint density at radius 3 is 2.88 bits per heavy atom. The average Bonchev–Trinajstić information content (AvgIpc) is 2.80. The molecule has 1 aromatic heterocycles. The first-order valence-corrected chi connectivity index (χ1v) is 6.15. The molecule has 1 N–H and O–H groups in total. The van der Waals surface area contributed by atoms with Gasteiger partial charge in [-0.2, -0.15) is 0 Å². The van der Waals surface area contributed by atoms with Crippen LogP contribution in [-0.2, 0) is 6.54 Å². The molecule has 0 fully saturated rings. The van der Waals surface area contributed by atoms with Gasteiger partial charge in [-0.15, -0.1) is 11.3 Å². The van der Waals surface area contributed by atoms with Crippen LogP contribution in [0.2, 0.25) is 5.02 Å². The van der Waals surface area contributed by atoms with Gasteiger partial charge in [-0.3, -0.25) is 0 Å². The second kappa shape index (κ2) is 5.23. The van der Waals surface area contributed by atoms with Crippen LogP contribution in [0.4, 0.5) is 5.69 Å². The number of benzene rings is 1. The molecule has 0 atom stereocenters. The minimum atomic E-state index is 0.677. The smallest absolute Gasteiger partial charge is 0.120 e. The lowest BCUT2D eigenvalue weighted by atomic mass is 10.3. The van der Waals surface area contributed by atoms with E-state index in [4.69, 9.17) is 16.3 Å². The summed E-state index contributed by atoms with van der Waals surface area (Å²) < 4.78 is 5.09. The van der Waals surface area contributed by atoms with E-state index < -0.39 is 0 Å².